The fourth-order valence-electron chi connectivity index (χ4n) is 2.28. The van der Waals surface area contributed by atoms with Gasteiger partial charge in [-0.25, -0.2) is 0 Å². The van der Waals surface area contributed by atoms with Gasteiger partial charge in [0.1, 0.15) is 0 Å². The van der Waals surface area contributed by atoms with E-state index in [2.05, 4.69) is 0 Å². The van der Waals surface area contributed by atoms with Crippen LogP contribution in [0.3, 0.4) is 0 Å². The number of rotatable bonds is 4. The molecule has 1 fully saturated rings. The van der Waals surface area contributed by atoms with Crippen LogP contribution < -0.4 is 4.90 Å². The zero-order valence-corrected chi connectivity index (χ0v) is 12.0. The van der Waals surface area contributed by atoms with Crippen molar-refractivity contribution < 1.29 is 14.7 Å². The maximum Gasteiger partial charge on any atom is 0.306 e. The molecule has 1 aliphatic heterocycles. The van der Waals surface area contributed by atoms with Crippen LogP contribution in [0.1, 0.15) is 17.3 Å². The van der Waals surface area contributed by atoms with Crippen LogP contribution in [0.15, 0.2) is 24.3 Å². The number of likely N-dealkylation sites (tertiary alicyclic amines) is 1. The minimum absolute atomic E-state index is 0.0239. The van der Waals surface area contributed by atoms with E-state index in [1.165, 1.54) is 0 Å². The predicted octanol–water partition coefficient (Wildman–Crippen LogP) is 1.55. The summed E-state index contributed by atoms with van der Waals surface area (Å²) in [5, 5.41) is 8.93. The molecule has 1 aromatic rings. The Hall–Kier alpha value is -2.04. The van der Waals surface area contributed by atoms with Gasteiger partial charge < -0.3 is 14.9 Å². The van der Waals surface area contributed by atoms with Crippen molar-refractivity contribution in [1.29, 1.82) is 0 Å². The number of hydrogen-bond donors (Lipinski definition) is 1. The summed E-state index contributed by atoms with van der Waals surface area (Å²) >= 11 is 0. The third-order valence-corrected chi connectivity index (χ3v) is 3.92. The molecule has 108 valence electrons. The second kappa shape index (κ2) is 5.53. The smallest absolute Gasteiger partial charge is 0.306 e. The van der Waals surface area contributed by atoms with Crippen LogP contribution in [0.2, 0.25) is 0 Å². The van der Waals surface area contributed by atoms with Crippen molar-refractivity contribution in [1.82, 2.24) is 4.90 Å². The molecular formula is C15H20N2O3. The maximum absolute atomic E-state index is 12.2. The molecular weight excluding hydrogens is 256 g/mol. The van der Waals surface area contributed by atoms with E-state index < -0.39 is 11.9 Å². The quantitative estimate of drug-likeness (QED) is 0.906. The fraction of sp³-hybridized carbons (Fsp3) is 0.467. The van der Waals surface area contributed by atoms with Crippen molar-refractivity contribution in [2.75, 3.05) is 32.1 Å². The monoisotopic (exact) mass is 276 g/mol. The lowest BCUT2D eigenvalue weighted by Gasteiger charge is -2.41. The van der Waals surface area contributed by atoms with Gasteiger partial charge in [0.15, 0.2) is 0 Å². The van der Waals surface area contributed by atoms with Gasteiger partial charge in [0.05, 0.1) is 5.92 Å². The summed E-state index contributed by atoms with van der Waals surface area (Å²) in [6, 6.07) is 7.44. The zero-order chi connectivity index (χ0) is 14.9. The Morgan fingerprint density at radius 1 is 1.25 bits per heavy atom. The van der Waals surface area contributed by atoms with E-state index in [9.17, 15) is 9.59 Å². The Kier molecular flexibility index (Phi) is 3.97. The Morgan fingerprint density at radius 2 is 1.80 bits per heavy atom. The van der Waals surface area contributed by atoms with Crippen LogP contribution in [-0.2, 0) is 4.79 Å². The molecule has 0 spiro atoms. The van der Waals surface area contributed by atoms with Gasteiger partial charge in [0, 0.05) is 44.4 Å². The van der Waals surface area contributed by atoms with Crippen LogP contribution >= 0.6 is 0 Å². The second-order valence-electron chi connectivity index (χ2n) is 5.54. The fourth-order valence-corrected chi connectivity index (χ4v) is 2.28. The van der Waals surface area contributed by atoms with Gasteiger partial charge in [-0.05, 0) is 24.3 Å². The van der Waals surface area contributed by atoms with Crippen molar-refractivity contribution in [3.05, 3.63) is 29.8 Å². The zero-order valence-electron chi connectivity index (χ0n) is 12.0. The topological polar surface area (TPSA) is 60.9 Å². The third-order valence-electron chi connectivity index (χ3n) is 3.92. The molecule has 0 saturated carbocycles. The lowest BCUT2D eigenvalue weighted by molar-refractivity contribution is -0.144. The highest BCUT2D eigenvalue weighted by Crippen LogP contribution is 2.26. The summed E-state index contributed by atoms with van der Waals surface area (Å²) in [5.74, 6) is -1.14. The van der Waals surface area contributed by atoms with Crippen LogP contribution in [0.5, 0.6) is 0 Å². The minimum atomic E-state index is -0.794. The van der Waals surface area contributed by atoms with E-state index in [0.29, 0.717) is 18.7 Å². The van der Waals surface area contributed by atoms with E-state index >= 15 is 0 Å². The van der Waals surface area contributed by atoms with Gasteiger partial charge in [0.2, 0.25) is 0 Å². The normalized spacial score (nSPS) is 16.4. The summed E-state index contributed by atoms with van der Waals surface area (Å²) in [5.41, 5.74) is 1.69. The average molecular weight is 276 g/mol. The maximum atomic E-state index is 12.2. The largest absolute Gasteiger partial charge is 0.481 e. The van der Waals surface area contributed by atoms with E-state index in [0.717, 1.165) is 5.69 Å². The third kappa shape index (κ3) is 2.76. The number of carbonyl (C=O) groups is 2. The van der Waals surface area contributed by atoms with Crippen LogP contribution in [0.4, 0.5) is 5.69 Å². The first-order valence-electron chi connectivity index (χ1n) is 6.69. The van der Waals surface area contributed by atoms with Gasteiger partial charge >= 0.3 is 5.97 Å². The standard InChI is InChI=1S/C15H20N2O3/c1-10(15(19)20)12-8-17(9-12)14(18)11-4-6-13(7-5-11)16(2)3/h4-7,10,12H,8-9H2,1-3H3,(H,19,20). The number of carboxylic acids is 1. The molecule has 0 bridgehead atoms. The van der Waals surface area contributed by atoms with Crippen molar-refractivity contribution >= 4 is 17.6 Å². The summed E-state index contributed by atoms with van der Waals surface area (Å²) in [6.07, 6.45) is 0. The molecule has 1 aromatic carbocycles. The summed E-state index contributed by atoms with van der Waals surface area (Å²) in [7, 11) is 3.90. The molecule has 2 rings (SSSR count). The molecule has 1 atom stereocenters. The Morgan fingerprint density at radius 3 is 2.25 bits per heavy atom. The summed E-state index contributed by atoms with van der Waals surface area (Å²) in [6.45, 7) is 2.75. The molecule has 0 aromatic heterocycles. The van der Waals surface area contributed by atoms with E-state index in [-0.39, 0.29) is 11.8 Å². The number of nitrogens with zero attached hydrogens (tertiary/aromatic N) is 2. The van der Waals surface area contributed by atoms with Gasteiger partial charge in [-0.15, -0.1) is 0 Å². The van der Waals surface area contributed by atoms with Crippen LogP contribution in [-0.4, -0.2) is 49.1 Å². The molecule has 0 aliphatic carbocycles. The number of amides is 1. The molecule has 20 heavy (non-hydrogen) atoms. The summed E-state index contributed by atoms with van der Waals surface area (Å²) < 4.78 is 0. The van der Waals surface area contributed by atoms with E-state index in [1.54, 1.807) is 11.8 Å². The number of carboxylic acid groups (broad SMARTS) is 1. The van der Waals surface area contributed by atoms with Crippen LogP contribution in [0, 0.1) is 11.8 Å². The molecule has 1 N–H and O–H groups in total. The van der Waals surface area contributed by atoms with Gasteiger partial charge in [-0.3, -0.25) is 9.59 Å². The number of aliphatic carboxylic acids is 1. The Bertz CT molecular complexity index is 504. The van der Waals surface area contributed by atoms with Crippen molar-refractivity contribution in [2.24, 2.45) is 11.8 Å². The van der Waals surface area contributed by atoms with Crippen LogP contribution in [0.25, 0.3) is 0 Å². The Balaban J connectivity index is 1.95. The molecule has 1 amide bonds. The highest BCUT2D eigenvalue weighted by Gasteiger charge is 2.37. The van der Waals surface area contributed by atoms with E-state index in [4.69, 9.17) is 5.11 Å². The molecule has 1 aliphatic rings. The first-order valence-corrected chi connectivity index (χ1v) is 6.69. The van der Waals surface area contributed by atoms with E-state index in [1.807, 2.05) is 43.3 Å². The molecule has 5 nitrogen and oxygen atoms in total. The second-order valence-corrected chi connectivity index (χ2v) is 5.54. The summed E-state index contributed by atoms with van der Waals surface area (Å²) in [4.78, 5) is 26.8. The molecule has 0 radical (unpaired) electrons. The van der Waals surface area contributed by atoms with Crippen molar-refractivity contribution in [2.45, 2.75) is 6.92 Å². The number of anilines is 1. The van der Waals surface area contributed by atoms with Crippen molar-refractivity contribution in [3.63, 3.8) is 0 Å². The SMILES string of the molecule is CC(C(=O)O)C1CN(C(=O)c2ccc(N(C)C)cc2)C1. The molecule has 5 heteroatoms. The van der Waals surface area contributed by atoms with Gasteiger partial charge in [-0.1, -0.05) is 6.92 Å². The lowest BCUT2D eigenvalue weighted by atomic mass is 9.86. The van der Waals surface area contributed by atoms with Gasteiger partial charge in [-0.2, -0.15) is 0 Å². The molecule has 1 unspecified atom stereocenters. The van der Waals surface area contributed by atoms with Gasteiger partial charge in [0.25, 0.3) is 5.91 Å². The first-order chi connectivity index (χ1) is 9.40. The minimum Gasteiger partial charge on any atom is -0.481 e. The highest BCUT2D eigenvalue weighted by molar-refractivity contribution is 5.95. The number of benzene rings is 1. The Labute approximate surface area is 118 Å². The lowest BCUT2D eigenvalue weighted by Crippen LogP contribution is -2.53. The highest BCUT2D eigenvalue weighted by atomic mass is 16.4. The number of hydrogen-bond acceptors (Lipinski definition) is 3. The first kappa shape index (κ1) is 14.4. The van der Waals surface area contributed by atoms with Crippen molar-refractivity contribution in [3.8, 4) is 0 Å². The average Bonchev–Trinajstić information content (AvgIpc) is 2.36. The molecule has 1 saturated heterocycles. The predicted molar refractivity (Wildman–Crippen MR) is 77.0 cm³/mol. The molecule has 1 heterocycles. The number of carbonyl (C=O) groups excluding carboxylic acids is 1.